The smallest absolute Gasteiger partial charge is 0.305 e. The molecule has 0 fully saturated rings. The molecule has 0 aliphatic carbocycles. The quantitative estimate of drug-likeness (QED) is 0.581. The highest BCUT2D eigenvalue weighted by molar-refractivity contribution is 5.98. The molecule has 0 N–H and O–H groups in total. The minimum Gasteiger partial charge on any atom is -0.469 e. The van der Waals surface area contributed by atoms with Gasteiger partial charge in [0.25, 0.3) is 0 Å². The lowest BCUT2D eigenvalue weighted by atomic mass is 9.96. The van der Waals surface area contributed by atoms with Crippen molar-refractivity contribution in [3.63, 3.8) is 0 Å². The summed E-state index contributed by atoms with van der Waals surface area (Å²) < 4.78 is 4.53. The average Bonchev–Trinajstić information content (AvgIpc) is 2.28. The summed E-state index contributed by atoms with van der Waals surface area (Å²) >= 11 is 0. The topological polar surface area (TPSA) is 43.4 Å². The SMILES string of the molecule is COC(=O)CCCC(=O)c1c(C)cccc1C. The van der Waals surface area contributed by atoms with Crippen molar-refractivity contribution in [3.8, 4) is 0 Å². The molecule has 3 nitrogen and oxygen atoms in total. The van der Waals surface area contributed by atoms with Gasteiger partial charge in [0.05, 0.1) is 7.11 Å². The van der Waals surface area contributed by atoms with Gasteiger partial charge in [0.1, 0.15) is 0 Å². The maximum atomic E-state index is 12.0. The Balaban J connectivity index is 2.61. The molecule has 0 bridgehead atoms. The molecule has 0 heterocycles. The number of hydrogen-bond acceptors (Lipinski definition) is 3. The lowest BCUT2D eigenvalue weighted by Crippen LogP contribution is -2.06. The zero-order valence-electron chi connectivity index (χ0n) is 10.6. The number of hydrogen-bond donors (Lipinski definition) is 0. The molecule has 3 heteroatoms. The fourth-order valence-corrected chi connectivity index (χ4v) is 1.87. The first kappa shape index (κ1) is 13.4. The van der Waals surface area contributed by atoms with Gasteiger partial charge >= 0.3 is 5.97 Å². The first-order valence-electron chi connectivity index (χ1n) is 5.72. The van der Waals surface area contributed by atoms with Crippen molar-refractivity contribution >= 4 is 11.8 Å². The molecule has 1 aromatic carbocycles. The van der Waals surface area contributed by atoms with Crippen molar-refractivity contribution in [1.29, 1.82) is 0 Å². The first-order chi connectivity index (χ1) is 8.06. The van der Waals surface area contributed by atoms with E-state index in [9.17, 15) is 9.59 Å². The Labute approximate surface area is 102 Å². The molecular weight excluding hydrogens is 216 g/mol. The molecular formula is C14H18O3. The maximum absolute atomic E-state index is 12.0. The number of ether oxygens (including phenoxy) is 1. The van der Waals surface area contributed by atoms with Gasteiger partial charge in [-0.1, -0.05) is 18.2 Å². The lowest BCUT2D eigenvalue weighted by Gasteiger charge is -2.08. The van der Waals surface area contributed by atoms with E-state index < -0.39 is 0 Å². The number of rotatable bonds is 5. The Morgan fingerprint density at radius 3 is 2.24 bits per heavy atom. The summed E-state index contributed by atoms with van der Waals surface area (Å²) in [6, 6.07) is 5.80. The molecule has 0 aliphatic rings. The number of benzene rings is 1. The highest BCUT2D eigenvalue weighted by Crippen LogP contribution is 2.16. The molecule has 0 radical (unpaired) electrons. The molecule has 17 heavy (non-hydrogen) atoms. The number of carbonyl (C=O) groups is 2. The number of esters is 1. The first-order valence-corrected chi connectivity index (χ1v) is 5.72. The van der Waals surface area contributed by atoms with Crippen LogP contribution in [0.3, 0.4) is 0 Å². The fourth-order valence-electron chi connectivity index (χ4n) is 1.87. The van der Waals surface area contributed by atoms with E-state index in [0.29, 0.717) is 19.3 Å². The predicted octanol–water partition coefficient (Wildman–Crippen LogP) is 2.83. The van der Waals surface area contributed by atoms with Gasteiger partial charge in [0, 0.05) is 18.4 Å². The molecule has 1 rings (SSSR count). The van der Waals surface area contributed by atoms with Crippen LogP contribution in [0.15, 0.2) is 18.2 Å². The van der Waals surface area contributed by atoms with E-state index in [2.05, 4.69) is 4.74 Å². The van der Waals surface area contributed by atoms with Crippen molar-refractivity contribution in [2.45, 2.75) is 33.1 Å². The Kier molecular flexibility index (Phi) is 4.88. The minimum absolute atomic E-state index is 0.101. The van der Waals surface area contributed by atoms with Crippen molar-refractivity contribution in [3.05, 3.63) is 34.9 Å². The molecule has 92 valence electrons. The fraction of sp³-hybridized carbons (Fsp3) is 0.429. The Morgan fingerprint density at radius 1 is 1.12 bits per heavy atom. The summed E-state index contributed by atoms with van der Waals surface area (Å²) in [7, 11) is 1.36. The largest absolute Gasteiger partial charge is 0.469 e. The van der Waals surface area contributed by atoms with Crippen molar-refractivity contribution in [2.75, 3.05) is 7.11 Å². The molecule has 0 spiro atoms. The Bertz CT molecular complexity index is 401. The maximum Gasteiger partial charge on any atom is 0.305 e. The van der Waals surface area contributed by atoms with E-state index in [1.54, 1.807) is 0 Å². The van der Waals surface area contributed by atoms with Gasteiger partial charge in [-0.25, -0.2) is 0 Å². The van der Waals surface area contributed by atoms with Crippen LogP contribution in [0.2, 0.25) is 0 Å². The highest BCUT2D eigenvalue weighted by atomic mass is 16.5. The molecule has 1 aromatic rings. The second kappa shape index (κ2) is 6.18. The van der Waals surface area contributed by atoms with Crippen LogP contribution >= 0.6 is 0 Å². The number of carbonyl (C=O) groups excluding carboxylic acids is 2. The van der Waals surface area contributed by atoms with Gasteiger partial charge in [-0.3, -0.25) is 9.59 Å². The third-order valence-electron chi connectivity index (χ3n) is 2.77. The van der Waals surface area contributed by atoms with Crippen LogP contribution in [-0.2, 0) is 9.53 Å². The summed E-state index contributed by atoms with van der Waals surface area (Å²) in [6.07, 6.45) is 1.23. The summed E-state index contributed by atoms with van der Waals surface area (Å²) in [5.41, 5.74) is 2.78. The van der Waals surface area contributed by atoms with Gasteiger partial charge in [-0.2, -0.15) is 0 Å². The molecule has 0 saturated carbocycles. The van der Waals surface area contributed by atoms with Crippen LogP contribution in [0.1, 0.15) is 40.7 Å². The highest BCUT2D eigenvalue weighted by Gasteiger charge is 2.12. The van der Waals surface area contributed by atoms with Crippen LogP contribution in [-0.4, -0.2) is 18.9 Å². The number of aryl methyl sites for hydroxylation is 2. The van der Waals surface area contributed by atoms with E-state index in [-0.39, 0.29) is 11.8 Å². The van der Waals surface area contributed by atoms with Gasteiger partial charge in [0.15, 0.2) is 5.78 Å². The van der Waals surface area contributed by atoms with Crippen molar-refractivity contribution < 1.29 is 14.3 Å². The van der Waals surface area contributed by atoms with E-state index >= 15 is 0 Å². The number of methoxy groups -OCH3 is 1. The van der Waals surface area contributed by atoms with Crippen molar-refractivity contribution in [2.24, 2.45) is 0 Å². The molecule has 0 atom stereocenters. The monoisotopic (exact) mass is 234 g/mol. The van der Waals surface area contributed by atoms with Crippen LogP contribution in [0.5, 0.6) is 0 Å². The molecule has 0 aromatic heterocycles. The van der Waals surface area contributed by atoms with Gasteiger partial charge < -0.3 is 4.74 Å². The Hall–Kier alpha value is -1.64. The van der Waals surface area contributed by atoms with E-state index in [4.69, 9.17) is 0 Å². The summed E-state index contributed by atoms with van der Waals surface area (Å²) in [5.74, 6) is -0.163. The number of Topliss-reactive ketones (excluding diaryl/α,β-unsaturated/α-hetero) is 1. The van der Waals surface area contributed by atoms with Crippen LogP contribution in [0.4, 0.5) is 0 Å². The van der Waals surface area contributed by atoms with Crippen LogP contribution in [0, 0.1) is 13.8 Å². The third kappa shape index (κ3) is 3.70. The van der Waals surface area contributed by atoms with E-state index in [1.165, 1.54) is 7.11 Å². The van der Waals surface area contributed by atoms with Gasteiger partial charge in [-0.15, -0.1) is 0 Å². The molecule has 0 unspecified atom stereocenters. The summed E-state index contributed by atoms with van der Waals surface area (Å²) in [4.78, 5) is 22.9. The van der Waals surface area contributed by atoms with Crippen molar-refractivity contribution in [1.82, 2.24) is 0 Å². The molecule has 0 saturated heterocycles. The number of ketones is 1. The second-order valence-electron chi connectivity index (χ2n) is 4.12. The molecule has 0 aliphatic heterocycles. The lowest BCUT2D eigenvalue weighted by molar-refractivity contribution is -0.140. The van der Waals surface area contributed by atoms with Crippen LogP contribution < -0.4 is 0 Å². The molecule has 0 amide bonds. The zero-order valence-corrected chi connectivity index (χ0v) is 10.6. The van der Waals surface area contributed by atoms with Crippen LogP contribution in [0.25, 0.3) is 0 Å². The Morgan fingerprint density at radius 2 is 1.71 bits per heavy atom. The van der Waals surface area contributed by atoms with E-state index in [0.717, 1.165) is 16.7 Å². The van der Waals surface area contributed by atoms with E-state index in [1.807, 2.05) is 32.0 Å². The second-order valence-corrected chi connectivity index (χ2v) is 4.12. The normalized spacial score (nSPS) is 10.1. The third-order valence-corrected chi connectivity index (χ3v) is 2.77. The zero-order chi connectivity index (χ0) is 12.8. The van der Waals surface area contributed by atoms with Gasteiger partial charge in [0.2, 0.25) is 0 Å². The average molecular weight is 234 g/mol. The minimum atomic E-state index is -0.265. The summed E-state index contributed by atoms with van der Waals surface area (Å²) in [6.45, 7) is 3.86. The summed E-state index contributed by atoms with van der Waals surface area (Å²) in [5, 5.41) is 0. The standard InChI is InChI=1S/C14H18O3/c1-10-6-4-7-11(2)14(10)12(15)8-5-9-13(16)17-3/h4,6-7H,5,8-9H2,1-3H3. The predicted molar refractivity (Wildman–Crippen MR) is 66.1 cm³/mol. The van der Waals surface area contributed by atoms with Gasteiger partial charge in [-0.05, 0) is 31.4 Å².